The number of carbonyl (C=O) groups excluding carboxylic acids is 1. The molecule has 0 aliphatic heterocycles. The molecule has 1 fully saturated rings. The van der Waals surface area contributed by atoms with Crippen molar-refractivity contribution in [3.05, 3.63) is 0 Å². The highest BCUT2D eigenvalue weighted by Gasteiger charge is 2.24. The Labute approximate surface area is 111 Å². The van der Waals surface area contributed by atoms with Gasteiger partial charge in [-0.05, 0) is 30.6 Å². The van der Waals surface area contributed by atoms with Crippen molar-refractivity contribution >= 4 is 6.03 Å². The summed E-state index contributed by atoms with van der Waals surface area (Å²) in [5.74, 6) is 0.579. The Kier molecular flexibility index (Phi) is 5.93. The lowest BCUT2D eigenvalue weighted by molar-refractivity contribution is 0.195. The molecule has 4 nitrogen and oxygen atoms in total. The Morgan fingerprint density at radius 3 is 2.61 bits per heavy atom. The molecule has 0 aromatic rings. The summed E-state index contributed by atoms with van der Waals surface area (Å²) in [7, 11) is 0. The van der Waals surface area contributed by atoms with Gasteiger partial charge in [0, 0.05) is 19.2 Å². The van der Waals surface area contributed by atoms with Gasteiger partial charge in [-0.25, -0.2) is 4.79 Å². The fourth-order valence-electron chi connectivity index (χ4n) is 2.46. The van der Waals surface area contributed by atoms with Gasteiger partial charge in [0.15, 0.2) is 0 Å². The fraction of sp³-hybridized carbons (Fsp3) is 0.929. The van der Waals surface area contributed by atoms with E-state index in [2.05, 4.69) is 17.6 Å². The van der Waals surface area contributed by atoms with E-state index in [9.17, 15) is 4.79 Å². The average molecular weight is 256 g/mol. The van der Waals surface area contributed by atoms with E-state index in [1.807, 2.05) is 13.8 Å². The van der Waals surface area contributed by atoms with E-state index in [1.165, 1.54) is 19.3 Å². The summed E-state index contributed by atoms with van der Waals surface area (Å²) < 4.78 is 0. The molecule has 1 aliphatic rings. The predicted octanol–water partition coefficient (Wildman–Crippen LogP) is 2.27. The number of carbonyl (C=O) groups is 1. The zero-order valence-electron chi connectivity index (χ0n) is 12.0. The van der Waals surface area contributed by atoms with Gasteiger partial charge in [-0.2, -0.15) is 0 Å². The lowest BCUT2D eigenvalue weighted by atomic mass is 9.86. The number of hydrogen-bond donors (Lipinski definition) is 3. The first-order valence-electron chi connectivity index (χ1n) is 7.10. The number of rotatable bonds is 5. The number of aliphatic hydroxyl groups excluding tert-OH is 1. The van der Waals surface area contributed by atoms with Crippen molar-refractivity contribution in [2.45, 2.75) is 58.9 Å². The van der Waals surface area contributed by atoms with Crippen LogP contribution in [0.15, 0.2) is 0 Å². The summed E-state index contributed by atoms with van der Waals surface area (Å²) in [6.45, 7) is 7.07. The Hall–Kier alpha value is -0.770. The fourth-order valence-corrected chi connectivity index (χ4v) is 2.46. The van der Waals surface area contributed by atoms with Gasteiger partial charge in [-0.3, -0.25) is 0 Å². The summed E-state index contributed by atoms with van der Waals surface area (Å²) >= 11 is 0. The molecule has 0 spiro atoms. The maximum Gasteiger partial charge on any atom is 0.315 e. The number of hydrogen-bond acceptors (Lipinski definition) is 2. The van der Waals surface area contributed by atoms with Crippen LogP contribution in [-0.4, -0.2) is 30.3 Å². The van der Waals surface area contributed by atoms with Crippen LogP contribution < -0.4 is 10.6 Å². The lowest BCUT2D eigenvalue weighted by Crippen LogP contribution is -2.48. The third-order valence-corrected chi connectivity index (χ3v) is 3.94. The van der Waals surface area contributed by atoms with Gasteiger partial charge in [-0.1, -0.05) is 33.6 Å². The van der Waals surface area contributed by atoms with E-state index in [0.29, 0.717) is 24.9 Å². The molecule has 0 radical (unpaired) electrons. The van der Waals surface area contributed by atoms with E-state index in [4.69, 9.17) is 5.11 Å². The van der Waals surface area contributed by atoms with Crippen LogP contribution in [0.2, 0.25) is 0 Å². The van der Waals surface area contributed by atoms with Crippen molar-refractivity contribution in [2.24, 2.45) is 11.3 Å². The minimum atomic E-state index is -0.0697. The smallest absolute Gasteiger partial charge is 0.315 e. The first-order valence-corrected chi connectivity index (χ1v) is 7.10. The van der Waals surface area contributed by atoms with Crippen LogP contribution in [0, 0.1) is 11.3 Å². The van der Waals surface area contributed by atoms with Crippen molar-refractivity contribution in [3.63, 3.8) is 0 Å². The van der Waals surface area contributed by atoms with Crippen LogP contribution in [-0.2, 0) is 0 Å². The highest BCUT2D eigenvalue weighted by Crippen LogP contribution is 2.23. The molecule has 2 atom stereocenters. The number of nitrogens with one attached hydrogen (secondary N) is 2. The monoisotopic (exact) mass is 256 g/mol. The predicted molar refractivity (Wildman–Crippen MR) is 73.4 cm³/mol. The molecular formula is C14H28N2O2. The minimum Gasteiger partial charge on any atom is -0.396 e. The van der Waals surface area contributed by atoms with Gasteiger partial charge in [0.25, 0.3) is 0 Å². The zero-order chi connectivity index (χ0) is 13.6. The Bertz CT molecular complexity index is 267. The lowest BCUT2D eigenvalue weighted by Gasteiger charge is -2.30. The first kappa shape index (κ1) is 15.3. The van der Waals surface area contributed by atoms with Crippen molar-refractivity contribution < 1.29 is 9.90 Å². The van der Waals surface area contributed by atoms with E-state index < -0.39 is 0 Å². The zero-order valence-corrected chi connectivity index (χ0v) is 12.0. The molecule has 106 valence electrons. The van der Waals surface area contributed by atoms with Crippen LogP contribution >= 0.6 is 0 Å². The van der Waals surface area contributed by atoms with Crippen LogP contribution in [0.4, 0.5) is 4.79 Å². The van der Waals surface area contributed by atoms with Crippen molar-refractivity contribution in [2.75, 3.05) is 13.2 Å². The van der Waals surface area contributed by atoms with Crippen LogP contribution in [0.3, 0.4) is 0 Å². The van der Waals surface area contributed by atoms with Crippen molar-refractivity contribution in [3.8, 4) is 0 Å². The molecule has 18 heavy (non-hydrogen) atoms. The van der Waals surface area contributed by atoms with E-state index in [1.54, 1.807) is 0 Å². The molecule has 1 aliphatic carbocycles. The largest absolute Gasteiger partial charge is 0.396 e. The summed E-state index contributed by atoms with van der Waals surface area (Å²) in [5.41, 5.74) is -0.0513. The SMILES string of the molecule is CC1CCCCC1NC(=O)NCC(C)(C)CCO. The molecular weight excluding hydrogens is 228 g/mol. The van der Waals surface area contributed by atoms with Gasteiger partial charge < -0.3 is 15.7 Å². The second-order valence-electron chi connectivity index (χ2n) is 6.33. The molecule has 0 saturated heterocycles. The molecule has 0 aromatic carbocycles. The highest BCUT2D eigenvalue weighted by atomic mass is 16.3. The van der Waals surface area contributed by atoms with Gasteiger partial charge in [0.05, 0.1) is 0 Å². The summed E-state index contributed by atoms with van der Waals surface area (Å²) in [6, 6.07) is 0.250. The summed E-state index contributed by atoms with van der Waals surface area (Å²) in [5, 5.41) is 14.9. The molecule has 0 heterocycles. The average Bonchev–Trinajstić information content (AvgIpc) is 2.30. The van der Waals surface area contributed by atoms with E-state index in [0.717, 1.165) is 6.42 Å². The van der Waals surface area contributed by atoms with E-state index >= 15 is 0 Å². The molecule has 2 unspecified atom stereocenters. The third-order valence-electron chi connectivity index (χ3n) is 3.94. The maximum atomic E-state index is 11.8. The van der Waals surface area contributed by atoms with Gasteiger partial charge in [0.2, 0.25) is 0 Å². The Morgan fingerprint density at radius 2 is 2.00 bits per heavy atom. The molecule has 0 bridgehead atoms. The molecule has 2 amide bonds. The second kappa shape index (κ2) is 6.98. The number of aliphatic hydroxyl groups is 1. The molecule has 3 N–H and O–H groups in total. The quantitative estimate of drug-likeness (QED) is 0.706. The van der Waals surface area contributed by atoms with Crippen LogP contribution in [0.5, 0.6) is 0 Å². The number of amides is 2. The van der Waals surface area contributed by atoms with Gasteiger partial charge in [0.1, 0.15) is 0 Å². The number of urea groups is 1. The van der Waals surface area contributed by atoms with Crippen molar-refractivity contribution in [1.29, 1.82) is 0 Å². The highest BCUT2D eigenvalue weighted by molar-refractivity contribution is 5.74. The third kappa shape index (κ3) is 5.25. The molecule has 1 rings (SSSR count). The molecule has 0 aromatic heterocycles. The first-order chi connectivity index (χ1) is 8.44. The normalized spacial score (nSPS) is 24.7. The second-order valence-corrected chi connectivity index (χ2v) is 6.33. The topological polar surface area (TPSA) is 61.4 Å². The Balaban J connectivity index is 2.28. The van der Waals surface area contributed by atoms with Crippen molar-refractivity contribution in [1.82, 2.24) is 10.6 Å². The van der Waals surface area contributed by atoms with Gasteiger partial charge in [-0.15, -0.1) is 0 Å². The van der Waals surface area contributed by atoms with Crippen LogP contribution in [0.25, 0.3) is 0 Å². The maximum absolute atomic E-state index is 11.8. The molecule has 1 saturated carbocycles. The standard InChI is InChI=1S/C14H28N2O2/c1-11-6-4-5-7-12(11)16-13(18)15-10-14(2,3)8-9-17/h11-12,17H,4-10H2,1-3H3,(H2,15,16,18). The Morgan fingerprint density at radius 1 is 1.33 bits per heavy atom. The van der Waals surface area contributed by atoms with Gasteiger partial charge >= 0.3 is 6.03 Å². The van der Waals surface area contributed by atoms with Crippen LogP contribution in [0.1, 0.15) is 52.9 Å². The molecule has 4 heteroatoms. The minimum absolute atomic E-state index is 0.0513. The summed E-state index contributed by atoms with van der Waals surface area (Å²) in [4.78, 5) is 11.8. The van der Waals surface area contributed by atoms with E-state index in [-0.39, 0.29) is 18.1 Å². The summed E-state index contributed by atoms with van der Waals surface area (Å²) in [6.07, 6.45) is 5.50.